The van der Waals surface area contributed by atoms with Gasteiger partial charge < -0.3 is 14.5 Å². The van der Waals surface area contributed by atoms with Crippen LogP contribution in [0.5, 0.6) is 5.75 Å². The smallest absolute Gasteiger partial charge is 0.287 e. The Morgan fingerprint density at radius 2 is 2.00 bits per heavy atom. The number of rotatable bonds is 7. The molecule has 8 heteroatoms. The van der Waals surface area contributed by atoms with E-state index in [1.54, 1.807) is 0 Å². The normalized spacial score (nSPS) is 10.9. The molecule has 2 aromatic carbocycles. The fourth-order valence-corrected chi connectivity index (χ4v) is 3.45. The van der Waals surface area contributed by atoms with Gasteiger partial charge in [-0.2, -0.15) is 0 Å². The molecular formula is C21H22IN3O3S. The minimum absolute atomic E-state index is 0.0314. The van der Waals surface area contributed by atoms with Crippen molar-refractivity contribution in [2.45, 2.75) is 39.8 Å². The second-order valence-corrected chi connectivity index (χ2v) is 8.55. The molecule has 0 unspecified atom stereocenters. The maximum Gasteiger partial charge on any atom is 0.287 e. The first-order valence-electron chi connectivity index (χ1n) is 9.17. The Morgan fingerprint density at radius 1 is 1.28 bits per heavy atom. The molecule has 1 heterocycles. The number of nitrogens with one attached hydrogen (secondary N) is 1. The van der Waals surface area contributed by atoms with Crippen molar-refractivity contribution in [3.05, 3.63) is 67.9 Å². The van der Waals surface area contributed by atoms with Crippen molar-refractivity contribution < 1.29 is 13.9 Å². The van der Waals surface area contributed by atoms with E-state index in [1.807, 2.05) is 43.3 Å². The third kappa shape index (κ3) is 5.89. The zero-order valence-electron chi connectivity index (χ0n) is 16.4. The Kier molecular flexibility index (Phi) is 7.07. The molecule has 152 valence electrons. The van der Waals surface area contributed by atoms with E-state index in [-0.39, 0.29) is 23.9 Å². The van der Waals surface area contributed by atoms with Gasteiger partial charge in [0.15, 0.2) is 6.61 Å². The molecule has 0 saturated heterocycles. The number of hydrogen-bond donors (Lipinski definition) is 1. The lowest BCUT2D eigenvalue weighted by atomic mass is 10.0. The summed E-state index contributed by atoms with van der Waals surface area (Å²) in [6.45, 7) is 6.30. The Labute approximate surface area is 188 Å². The largest absolute Gasteiger partial charge is 0.484 e. The molecule has 0 atom stereocenters. The van der Waals surface area contributed by atoms with Gasteiger partial charge in [-0.05, 0) is 83.5 Å². The Hall–Kier alpha value is -2.20. The number of carbonyl (C=O) groups is 1. The predicted molar refractivity (Wildman–Crippen MR) is 123 cm³/mol. The van der Waals surface area contributed by atoms with Gasteiger partial charge in [-0.1, -0.05) is 31.5 Å². The molecule has 0 aliphatic rings. The zero-order valence-corrected chi connectivity index (χ0v) is 19.4. The third-order valence-electron chi connectivity index (χ3n) is 4.23. The Balaban J connectivity index is 1.64. The van der Waals surface area contributed by atoms with Crippen molar-refractivity contribution in [3.8, 4) is 5.75 Å². The van der Waals surface area contributed by atoms with Gasteiger partial charge in [-0.25, -0.2) is 4.68 Å². The average molecular weight is 523 g/mol. The van der Waals surface area contributed by atoms with Crippen LogP contribution in [0.4, 0.5) is 5.69 Å². The van der Waals surface area contributed by atoms with E-state index in [4.69, 9.17) is 21.4 Å². The van der Waals surface area contributed by atoms with Crippen LogP contribution in [0.25, 0.3) is 0 Å². The van der Waals surface area contributed by atoms with E-state index in [1.165, 1.54) is 4.68 Å². The number of nitrogens with zero attached hydrogens (tertiary/aromatic N) is 2. The second kappa shape index (κ2) is 9.53. The van der Waals surface area contributed by atoms with Gasteiger partial charge in [0, 0.05) is 9.26 Å². The molecule has 0 fully saturated rings. The van der Waals surface area contributed by atoms with Crippen LogP contribution in [0.3, 0.4) is 0 Å². The molecule has 6 nitrogen and oxygen atoms in total. The fraction of sp³-hybridized carbons (Fsp3) is 0.286. The van der Waals surface area contributed by atoms with E-state index < -0.39 is 0 Å². The molecule has 0 bridgehead atoms. The number of hydrogen-bond acceptors (Lipinski definition) is 5. The summed E-state index contributed by atoms with van der Waals surface area (Å²) >= 11 is 7.45. The highest BCUT2D eigenvalue weighted by molar-refractivity contribution is 14.1. The van der Waals surface area contributed by atoms with Gasteiger partial charge in [0.1, 0.15) is 12.3 Å². The molecule has 29 heavy (non-hydrogen) atoms. The first kappa shape index (κ1) is 21.5. The third-order valence-corrected chi connectivity index (χ3v) is 5.20. The van der Waals surface area contributed by atoms with Crippen molar-refractivity contribution in [1.29, 1.82) is 0 Å². The van der Waals surface area contributed by atoms with Crippen molar-refractivity contribution in [1.82, 2.24) is 9.78 Å². The molecule has 0 radical (unpaired) electrons. The highest BCUT2D eigenvalue weighted by atomic mass is 127. The van der Waals surface area contributed by atoms with E-state index in [0.29, 0.717) is 17.6 Å². The summed E-state index contributed by atoms with van der Waals surface area (Å²) in [6, 6.07) is 13.6. The van der Waals surface area contributed by atoms with Crippen LogP contribution in [0.2, 0.25) is 0 Å². The number of anilines is 1. The van der Waals surface area contributed by atoms with Crippen LogP contribution in [-0.4, -0.2) is 15.7 Å². The van der Waals surface area contributed by atoms with Crippen LogP contribution >= 0.6 is 34.8 Å². The molecule has 0 spiro atoms. The molecule has 3 aromatic rings. The average Bonchev–Trinajstić information content (AvgIpc) is 3.02. The predicted octanol–water partition coefficient (Wildman–Crippen LogP) is 5.46. The monoisotopic (exact) mass is 523 g/mol. The molecule has 0 saturated carbocycles. The van der Waals surface area contributed by atoms with E-state index in [2.05, 4.69) is 52.9 Å². The second-order valence-electron chi connectivity index (χ2n) is 6.96. The van der Waals surface area contributed by atoms with Crippen LogP contribution < -0.4 is 10.1 Å². The molecule has 1 N–H and O–H groups in total. The minimum Gasteiger partial charge on any atom is -0.484 e. The first-order valence-corrected chi connectivity index (χ1v) is 10.7. The Bertz CT molecular complexity index is 1060. The maximum atomic E-state index is 12.5. The van der Waals surface area contributed by atoms with Gasteiger partial charge >= 0.3 is 0 Å². The number of ether oxygens (including phenoxy) is 1. The van der Waals surface area contributed by atoms with Crippen molar-refractivity contribution in [2.75, 3.05) is 5.32 Å². The number of halogens is 1. The van der Waals surface area contributed by atoms with E-state index >= 15 is 0 Å². The number of aromatic nitrogens is 2. The van der Waals surface area contributed by atoms with E-state index in [0.717, 1.165) is 20.4 Å². The number of carbonyl (C=O) groups excluding carboxylic acids is 1. The maximum absolute atomic E-state index is 12.5. The summed E-state index contributed by atoms with van der Waals surface area (Å²) in [5.74, 6) is 1.10. The summed E-state index contributed by atoms with van der Waals surface area (Å²) < 4.78 is 13.6. The quantitative estimate of drug-likeness (QED) is 0.329. The summed E-state index contributed by atoms with van der Waals surface area (Å²) in [5.41, 5.74) is 3.03. The molecular weight excluding hydrogens is 501 g/mol. The molecule has 0 aliphatic carbocycles. The van der Waals surface area contributed by atoms with Gasteiger partial charge in [0.25, 0.3) is 10.7 Å². The van der Waals surface area contributed by atoms with Gasteiger partial charge in [-0.15, -0.1) is 5.10 Å². The van der Waals surface area contributed by atoms with Crippen LogP contribution in [0, 0.1) is 15.3 Å². The SMILES string of the molecule is Cc1ccc(OCc2nn(CC(=O)Nc3ccc(I)cc3C(C)C)c(=S)o2)cc1. The van der Waals surface area contributed by atoms with E-state index in [9.17, 15) is 4.79 Å². The van der Waals surface area contributed by atoms with Gasteiger partial charge in [0.2, 0.25) is 5.91 Å². The van der Waals surface area contributed by atoms with Crippen molar-refractivity contribution >= 4 is 46.4 Å². The highest BCUT2D eigenvalue weighted by Crippen LogP contribution is 2.26. The lowest BCUT2D eigenvalue weighted by Gasteiger charge is -2.14. The lowest BCUT2D eigenvalue weighted by Crippen LogP contribution is -2.20. The standard InChI is InChI=1S/C21H22IN3O3S/c1-13(2)17-10-15(22)6-9-18(17)23-19(26)11-25-21(29)28-20(24-25)12-27-16-7-4-14(3)5-8-16/h4-10,13H,11-12H2,1-3H3,(H,23,26). The van der Waals surface area contributed by atoms with Crippen LogP contribution in [-0.2, 0) is 17.9 Å². The molecule has 3 rings (SSSR count). The molecule has 0 aliphatic heterocycles. The van der Waals surface area contributed by atoms with Crippen LogP contribution in [0.15, 0.2) is 46.9 Å². The number of amides is 1. The Morgan fingerprint density at radius 3 is 2.69 bits per heavy atom. The van der Waals surface area contributed by atoms with Crippen LogP contribution in [0.1, 0.15) is 36.8 Å². The fourth-order valence-electron chi connectivity index (χ4n) is 2.74. The lowest BCUT2D eigenvalue weighted by molar-refractivity contribution is -0.117. The number of benzene rings is 2. The molecule has 1 aromatic heterocycles. The number of aryl methyl sites for hydroxylation is 1. The van der Waals surface area contributed by atoms with Gasteiger partial charge in [-0.3, -0.25) is 4.79 Å². The summed E-state index contributed by atoms with van der Waals surface area (Å²) in [7, 11) is 0. The van der Waals surface area contributed by atoms with Gasteiger partial charge in [0.05, 0.1) is 0 Å². The first-order chi connectivity index (χ1) is 13.8. The summed E-state index contributed by atoms with van der Waals surface area (Å²) in [5, 5.41) is 7.20. The zero-order chi connectivity index (χ0) is 21.0. The highest BCUT2D eigenvalue weighted by Gasteiger charge is 2.14. The molecule has 1 amide bonds. The summed E-state index contributed by atoms with van der Waals surface area (Å²) in [4.78, 5) is 12.7. The minimum atomic E-state index is -0.219. The van der Waals surface area contributed by atoms with Crippen molar-refractivity contribution in [3.63, 3.8) is 0 Å². The topological polar surface area (TPSA) is 69.3 Å². The van der Waals surface area contributed by atoms with Crippen molar-refractivity contribution in [2.24, 2.45) is 0 Å². The summed E-state index contributed by atoms with van der Waals surface area (Å²) in [6.07, 6.45) is 0.